The molecule has 1 N–H and O–H groups in total. The van der Waals surface area contributed by atoms with E-state index in [2.05, 4.69) is 17.4 Å². The molecule has 1 amide bonds. The standard InChI is InChI=1S/C23H23NO2/c1-2-26-21-13-8-12-20(17-21)24-23(25)22-14-7-6-11-19(22)16-15-18-9-4-3-5-10-18/h3-14,17H,2,15-16H2,1H3,(H,24,25). The molecule has 0 heterocycles. The van der Waals surface area contributed by atoms with Gasteiger partial charge in [0.05, 0.1) is 6.61 Å². The van der Waals surface area contributed by atoms with E-state index in [1.807, 2.05) is 73.7 Å². The molecule has 3 heteroatoms. The maximum absolute atomic E-state index is 12.8. The predicted octanol–water partition coefficient (Wildman–Crippen LogP) is 5.12. The van der Waals surface area contributed by atoms with Gasteiger partial charge in [-0.2, -0.15) is 0 Å². The van der Waals surface area contributed by atoms with E-state index >= 15 is 0 Å². The molecule has 26 heavy (non-hydrogen) atoms. The number of rotatable bonds is 7. The smallest absolute Gasteiger partial charge is 0.255 e. The summed E-state index contributed by atoms with van der Waals surface area (Å²) in [7, 11) is 0. The number of hydrogen-bond acceptors (Lipinski definition) is 2. The van der Waals surface area contributed by atoms with Gasteiger partial charge in [-0.15, -0.1) is 0 Å². The number of aryl methyl sites for hydroxylation is 2. The number of hydrogen-bond donors (Lipinski definition) is 1. The van der Waals surface area contributed by atoms with Crippen molar-refractivity contribution in [1.29, 1.82) is 0 Å². The highest BCUT2D eigenvalue weighted by molar-refractivity contribution is 6.05. The van der Waals surface area contributed by atoms with Crippen molar-refractivity contribution in [2.45, 2.75) is 19.8 Å². The summed E-state index contributed by atoms with van der Waals surface area (Å²) in [6, 6.07) is 25.6. The van der Waals surface area contributed by atoms with Crippen LogP contribution >= 0.6 is 0 Å². The summed E-state index contributed by atoms with van der Waals surface area (Å²) >= 11 is 0. The van der Waals surface area contributed by atoms with Gasteiger partial charge in [0.2, 0.25) is 0 Å². The van der Waals surface area contributed by atoms with E-state index in [1.165, 1.54) is 5.56 Å². The monoisotopic (exact) mass is 345 g/mol. The third kappa shape index (κ3) is 4.73. The molecule has 132 valence electrons. The van der Waals surface area contributed by atoms with Crippen LogP contribution in [-0.2, 0) is 12.8 Å². The van der Waals surface area contributed by atoms with Gasteiger partial charge >= 0.3 is 0 Å². The van der Waals surface area contributed by atoms with Crippen LogP contribution in [0.3, 0.4) is 0 Å². The van der Waals surface area contributed by atoms with Crippen molar-refractivity contribution in [1.82, 2.24) is 0 Å². The Balaban J connectivity index is 1.72. The zero-order valence-corrected chi connectivity index (χ0v) is 14.9. The first kappa shape index (κ1) is 17.7. The van der Waals surface area contributed by atoms with Crippen molar-refractivity contribution in [3.63, 3.8) is 0 Å². The first-order valence-electron chi connectivity index (χ1n) is 8.92. The van der Waals surface area contributed by atoms with Crippen LogP contribution in [0.1, 0.15) is 28.4 Å². The van der Waals surface area contributed by atoms with Crippen LogP contribution in [0.15, 0.2) is 78.9 Å². The van der Waals surface area contributed by atoms with Gasteiger partial charge in [0.1, 0.15) is 5.75 Å². The van der Waals surface area contributed by atoms with E-state index in [9.17, 15) is 4.79 Å². The average Bonchev–Trinajstić information content (AvgIpc) is 2.68. The summed E-state index contributed by atoms with van der Waals surface area (Å²) in [6.45, 7) is 2.54. The number of ether oxygens (including phenoxy) is 1. The summed E-state index contributed by atoms with van der Waals surface area (Å²) in [4.78, 5) is 12.8. The molecule has 0 saturated carbocycles. The molecule has 0 aliphatic heterocycles. The fraction of sp³-hybridized carbons (Fsp3) is 0.174. The van der Waals surface area contributed by atoms with Crippen molar-refractivity contribution >= 4 is 11.6 Å². The molecule has 0 aliphatic carbocycles. The van der Waals surface area contributed by atoms with Crippen LogP contribution in [0.5, 0.6) is 5.75 Å². The van der Waals surface area contributed by atoms with Gasteiger partial charge in [-0.1, -0.05) is 54.6 Å². The predicted molar refractivity (Wildman–Crippen MR) is 106 cm³/mol. The second-order valence-corrected chi connectivity index (χ2v) is 6.06. The average molecular weight is 345 g/mol. The Hall–Kier alpha value is -3.07. The van der Waals surface area contributed by atoms with Crippen molar-refractivity contribution in [3.05, 3.63) is 95.6 Å². The van der Waals surface area contributed by atoms with Gasteiger partial charge in [0.25, 0.3) is 5.91 Å². The molecular weight excluding hydrogens is 322 g/mol. The fourth-order valence-corrected chi connectivity index (χ4v) is 2.91. The molecule has 3 rings (SSSR count). The van der Waals surface area contributed by atoms with Gasteiger partial charge in [-0.3, -0.25) is 4.79 Å². The highest BCUT2D eigenvalue weighted by atomic mass is 16.5. The quantitative estimate of drug-likeness (QED) is 0.645. The van der Waals surface area contributed by atoms with Gasteiger partial charge < -0.3 is 10.1 Å². The van der Waals surface area contributed by atoms with Crippen molar-refractivity contribution < 1.29 is 9.53 Å². The van der Waals surface area contributed by atoms with Crippen molar-refractivity contribution in [2.75, 3.05) is 11.9 Å². The largest absolute Gasteiger partial charge is 0.494 e. The van der Waals surface area contributed by atoms with Crippen LogP contribution in [0.4, 0.5) is 5.69 Å². The normalized spacial score (nSPS) is 10.3. The summed E-state index contributed by atoms with van der Waals surface area (Å²) in [5.41, 5.74) is 3.77. The van der Waals surface area contributed by atoms with Crippen LogP contribution in [-0.4, -0.2) is 12.5 Å². The number of carbonyl (C=O) groups is 1. The number of benzene rings is 3. The fourth-order valence-electron chi connectivity index (χ4n) is 2.91. The molecule has 3 aromatic carbocycles. The molecule has 0 saturated heterocycles. The van der Waals surface area contributed by atoms with Gasteiger partial charge in [-0.25, -0.2) is 0 Å². The zero-order chi connectivity index (χ0) is 18.2. The highest BCUT2D eigenvalue weighted by Crippen LogP contribution is 2.19. The van der Waals surface area contributed by atoms with Crippen LogP contribution in [0, 0.1) is 0 Å². The van der Waals surface area contributed by atoms with Gasteiger partial charge in [-0.05, 0) is 49.1 Å². The minimum absolute atomic E-state index is 0.0951. The van der Waals surface area contributed by atoms with E-state index in [0.29, 0.717) is 12.2 Å². The Morgan fingerprint density at radius 2 is 1.65 bits per heavy atom. The van der Waals surface area contributed by atoms with E-state index in [0.717, 1.165) is 29.8 Å². The summed E-state index contributed by atoms with van der Waals surface area (Å²) in [5.74, 6) is 0.657. The Labute approximate surface area is 154 Å². The molecule has 0 aromatic heterocycles. The van der Waals surface area contributed by atoms with E-state index in [4.69, 9.17) is 4.74 Å². The van der Waals surface area contributed by atoms with Crippen LogP contribution in [0.25, 0.3) is 0 Å². The molecule has 0 atom stereocenters. The lowest BCUT2D eigenvalue weighted by Gasteiger charge is -2.11. The minimum atomic E-state index is -0.0951. The third-order valence-corrected chi connectivity index (χ3v) is 4.19. The topological polar surface area (TPSA) is 38.3 Å². The Morgan fingerprint density at radius 1 is 0.885 bits per heavy atom. The molecule has 3 aromatic rings. The van der Waals surface area contributed by atoms with Crippen molar-refractivity contribution in [3.8, 4) is 5.75 Å². The van der Waals surface area contributed by atoms with E-state index < -0.39 is 0 Å². The van der Waals surface area contributed by atoms with Gasteiger partial charge in [0, 0.05) is 17.3 Å². The molecular formula is C23H23NO2. The first-order chi connectivity index (χ1) is 12.8. The first-order valence-corrected chi connectivity index (χ1v) is 8.92. The number of nitrogens with one attached hydrogen (secondary N) is 1. The summed E-state index contributed by atoms with van der Waals surface area (Å²) < 4.78 is 5.49. The molecule has 0 aliphatic rings. The van der Waals surface area contributed by atoms with Crippen LogP contribution in [0.2, 0.25) is 0 Å². The minimum Gasteiger partial charge on any atom is -0.494 e. The Kier molecular flexibility index (Phi) is 6.05. The molecule has 3 nitrogen and oxygen atoms in total. The lowest BCUT2D eigenvalue weighted by molar-refractivity contribution is 0.102. The molecule has 0 spiro atoms. The van der Waals surface area contributed by atoms with Crippen molar-refractivity contribution in [2.24, 2.45) is 0 Å². The molecule has 0 fully saturated rings. The number of anilines is 1. The second-order valence-electron chi connectivity index (χ2n) is 6.06. The lowest BCUT2D eigenvalue weighted by Crippen LogP contribution is -2.14. The molecule has 0 bridgehead atoms. The molecule has 0 unspecified atom stereocenters. The van der Waals surface area contributed by atoms with Gasteiger partial charge in [0.15, 0.2) is 0 Å². The summed E-state index contributed by atoms with van der Waals surface area (Å²) in [6.07, 6.45) is 1.73. The SMILES string of the molecule is CCOc1cccc(NC(=O)c2ccccc2CCc2ccccc2)c1. The number of carbonyl (C=O) groups excluding carboxylic acids is 1. The van der Waals surface area contributed by atoms with E-state index in [-0.39, 0.29) is 5.91 Å². The second kappa shape index (κ2) is 8.86. The van der Waals surface area contributed by atoms with E-state index in [1.54, 1.807) is 0 Å². The highest BCUT2D eigenvalue weighted by Gasteiger charge is 2.11. The third-order valence-electron chi connectivity index (χ3n) is 4.19. The Bertz CT molecular complexity index is 859. The summed E-state index contributed by atoms with van der Waals surface area (Å²) in [5, 5.41) is 2.98. The van der Waals surface area contributed by atoms with Crippen LogP contribution < -0.4 is 10.1 Å². The number of amides is 1. The zero-order valence-electron chi connectivity index (χ0n) is 14.9. The maximum Gasteiger partial charge on any atom is 0.255 e. The Morgan fingerprint density at radius 3 is 2.46 bits per heavy atom. The maximum atomic E-state index is 12.8. The lowest BCUT2D eigenvalue weighted by atomic mass is 9.99. The molecule has 0 radical (unpaired) electrons.